The highest BCUT2D eigenvalue weighted by atomic mass is 16.6. The summed E-state index contributed by atoms with van der Waals surface area (Å²) in [5, 5.41) is 0. The molecule has 2 aliphatic heterocycles. The molecule has 166 valence electrons. The Morgan fingerprint density at radius 1 is 1.00 bits per heavy atom. The number of nitrogens with zero attached hydrogens (tertiary/aromatic N) is 2. The van der Waals surface area contributed by atoms with E-state index in [1.807, 2.05) is 48.5 Å². The fourth-order valence-corrected chi connectivity index (χ4v) is 4.37. The maximum Gasteiger partial charge on any atom is 0.335 e. The molecule has 1 amide bonds. The summed E-state index contributed by atoms with van der Waals surface area (Å²) in [5.41, 5.74) is 1.24. The zero-order chi connectivity index (χ0) is 23.0. The van der Waals surface area contributed by atoms with E-state index in [-0.39, 0.29) is 11.8 Å². The van der Waals surface area contributed by atoms with Crippen molar-refractivity contribution in [1.29, 1.82) is 0 Å². The van der Waals surface area contributed by atoms with Crippen LogP contribution < -0.4 is 9.64 Å². The van der Waals surface area contributed by atoms with Gasteiger partial charge in [-0.1, -0.05) is 48.5 Å². The molecule has 1 spiro atoms. The first-order chi connectivity index (χ1) is 16.1. The van der Waals surface area contributed by atoms with Crippen LogP contribution in [0.4, 0.5) is 5.69 Å². The van der Waals surface area contributed by atoms with Crippen molar-refractivity contribution in [3.8, 4) is 5.75 Å². The second-order valence-corrected chi connectivity index (χ2v) is 7.82. The number of aliphatic imine (C=N–C) groups is 1. The van der Waals surface area contributed by atoms with E-state index in [1.54, 1.807) is 42.3 Å². The predicted octanol–water partition coefficient (Wildman–Crippen LogP) is 3.46. The van der Waals surface area contributed by atoms with Crippen molar-refractivity contribution in [3.63, 3.8) is 0 Å². The Balaban J connectivity index is 1.60. The Morgan fingerprint density at radius 2 is 1.70 bits per heavy atom. The van der Waals surface area contributed by atoms with Crippen LogP contribution in [-0.2, 0) is 31.2 Å². The Bertz CT molecular complexity index is 1240. The molecule has 5 rings (SSSR count). The Hall–Kier alpha value is -4.13. The summed E-state index contributed by atoms with van der Waals surface area (Å²) in [5.74, 6) is -0.107. The average molecular weight is 442 g/mol. The molecule has 0 unspecified atom stereocenters. The molecule has 7 heteroatoms. The zero-order valence-electron chi connectivity index (χ0n) is 18.2. The molecule has 2 aliphatic rings. The van der Waals surface area contributed by atoms with Crippen LogP contribution in [-0.4, -0.2) is 38.0 Å². The normalized spacial score (nSPS) is 20.9. The number of rotatable bonds is 5. The van der Waals surface area contributed by atoms with E-state index >= 15 is 0 Å². The van der Waals surface area contributed by atoms with Gasteiger partial charge in [-0.3, -0.25) is 4.79 Å². The van der Waals surface area contributed by atoms with Gasteiger partial charge in [-0.05, 0) is 35.9 Å². The van der Waals surface area contributed by atoms with E-state index in [0.717, 1.165) is 5.56 Å². The van der Waals surface area contributed by atoms with Crippen molar-refractivity contribution < 1.29 is 23.8 Å². The Morgan fingerprint density at radius 3 is 2.39 bits per heavy atom. The summed E-state index contributed by atoms with van der Waals surface area (Å²) >= 11 is 0. The maximum absolute atomic E-state index is 14.0. The van der Waals surface area contributed by atoms with Crippen LogP contribution in [0.15, 0.2) is 83.9 Å². The number of carbonyl (C=O) groups is 2. The van der Waals surface area contributed by atoms with Gasteiger partial charge in [0.1, 0.15) is 5.75 Å². The molecule has 3 aromatic carbocycles. The fourth-order valence-electron chi connectivity index (χ4n) is 4.37. The summed E-state index contributed by atoms with van der Waals surface area (Å²) in [7, 11) is 2.86. The fraction of sp³-hybridized carbons (Fsp3) is 0.192. The number of ether oxygens (including phenoxy) is 3. The Labute approximate surface area is 191 Å². The van der Waals surface area contributed by atoms with E-state index in [4.69, 9.17) is 14.2 Å². The molecule has 0 N–H and O–H groups in total. The van der Waals surface area contributed by atoms with Gasteiger partial charge in [0.25, 0.3) is 5.91 Å². The standard InChI is InChI=1S/C26H22N2O5/c1-31-19-14-12-18(13-15-19)23-27-22(24(29)32-2)26(33-23)20-10-6-7-11-21(20)28(25(26)30)16-17-8-4-3-5-9-17/h3-15,22H,16H2,1-2H3/t22-,26-/m0/s1. The minimum atomic E-state index is -1.63. The molecular formula is C26H22N2O5. The molecule has 2 atom stereocenters. The smallest absolute Gasteiger partial charge is 0.335 e. The summed E-state index contributed by atoms with van der Waals surface area (Å²) in [4.78, 5) is 33.1. The van der Waals surface area contributed by atoms with Gasteiger partial charge in [-0.25, -0.2) is 9.79 Å². The van der Waals surface area contributed by atoms with E-state index in [9.17, 15) is 9.59 Å². The van der Waals surface area contributed by atoms with Gasteiger partial charge in [0, 0.05) is 11.1 Å². The lowest BCUT2D eigenvalue weighted by Crippen LogP contribution is -2.50. The average Bonchev–Trinajstić information content (AvgIpc) is 3.38. The zero-order valence-corrected chi connectivity index (χ0v) is 18.2. The Kier molecular flexibility index (Phi) is 5.09. The molecule has 0 saturated carbocycles. The second-order valence-electron chi connectivity index (χ2n) is 7.82. The molecule has 0 saturated heterocycles. The lowest BCUT2D eigenvalue weighted by Gasteiger charge is -2.27. The number of esters is 1. The van der Waals surface area contributed by atoms with E-state index in [0.29, 0.717) is 29.1 Å². The number of methoxy groups -OCH3 is 2. The first kappa shape index (κ1) is 20.8. The van der Waals surface area contributed by atoms with Gasteiger partial charge in [-0.2, -0.15) is 0 Å². The number of hydrogen-bond donors (Lipinski definition) is 0. The first-order valence-electron chi connectivity index (χ1n) is 10.5. The van der Waals surface area contributed by atoms with Crippen molar-refractivity contribution in [3.05, 3.63) is 95.6 Å². The summed E-state index contributed by atoms with van der Waals surface area (Å²) in [6.07, 6.45) is 0. The molecule has 7 nitrogen and oxygen atoms in total. The number of amides is 1. The lowest BCUT2D eigenvalue weighted by atomic mass is 9.88. The predicted molar refractivity (Wildman–Crippen MR) is 122 cm³/mol. The van der Waals surface area contributed by atoms with Crippen molar-refractivity contribution in [2.75, 3.05) is 19.1 Å². The molecular weight excluding hydrogens is 420 g/mol. The van der Waals surface area contributed by atoms with Crippen LogP contribution in [0.1, 0.15) is 16.7 Å². The molecule has 0 fully saturated rings. The third kappa shape index (κ3) is 3.24. The second kappa shape index (κ2) is 8.09. The number of benzene rings is 3. The van der Waals surface area contributed by atoms with E-state index < -0.39 is 17.6 Å². The number of fused-ring (bicyclic) bond motifs is 2. The topological polar surface area (TPSA) is 77.4 Å². The van der Waals surface area contributed by atoms with Gasteiger partial charge in [-0.15, -0.1) is 0 Å². The highest BCUT2D eigenvalue weighted by Gasteiger charge is 2.64. The maximum atomic E-state index is 14.0. The molecule has 2 heterocycles. The van der Waals surface area contributed by atoms with Crippen molar-refractivity contribution in [2.45, 2.75) is 18.2 Å². The van der Waals surface area contributed by atoms with Gasteiger partial charge in [0.15, 0.2) is 0 Å². The monoisotopic (exact) mass is 442 g/mol. The van der Waals surface area contributed by atoms with E-state index in [1.165, 1.54) is 7.11 Å². The van der Waals surface area contributed by atoms with Crippen molar-refractivity contribution >= 4 is 23.5 Å². The van der Waals surface area contributed by atoms with Crippen LogP contribution in [0.3, 0.4) is 0 Å². The number of para-hydroxylation sites is 1. The summed E-state index contributed by atoms with van der Waals surface area (Å²) < 4.78 is 16.6. The third-order valence-corrected chi connectivity index (χ3v) is 5.99. The molecule has 0 radical (unpaired) electrons. The summed E-state index contributed by atoms with van der Waals surface area (Å²) in [6, 6.07) is 22.9. The van der Waals surface area contributed by atoms with Crippen LogP contribution in [0.2, 0.25) is 0 Å². The SMILES string of the molecule is COC(=O)[C@@H]1N=C(c2ccc(OC)cc2)O[C@]12C(=O)N(Cc1ccccc1)c1ccccc12. The van der Waals surface area contributed by atoms with Gasteiger partial charge in [0.2, 0.25) is 17.5 Å². The van der Waals surface area contributed by atoms with Crippen molar-refractivity contribution in [2.24, 2.45) is 4.99 Å². The van der Waals surface area contributed by atoms with Crippen molar-refractivity contribution in [1.82, 2.24) is 0 Å². The summed E-state index contributed by atoms with van der Waals surface area (Å²) in [6.45, 7) is 0.341. The van der Waals surface area contributed by atoms with Crippen LogP contribution >= 0.6 is 0 Å². The molecule has 33 heavy (non-hydrogen) atoms. The molecule has 0 aromatic heterocycles. The highest BCUT2D eigenvalue weighted by molar-refractivity contribution is 6.14. The van der Waals surface area contributed by atoms with Gasteiger partial charge < -0.3 is 19.1 Å². The minimum Gasteiger partial charge on any atom is -0.497 e. The number of anilines is 1. The minimum absolute atomic E-state index is 0.206. The third-order valence-electron chi connectivity index (χ3n) is 5.99. The molecule has 0 bridgehead atoms. The number of carbonyl (C=O) groups excluding carboxylic acids is 2. The van der Waals surface area contributed by atoms with Gasteiger partial charge >= 0.3 is 5.97 Å². The van der Waals surface area contributed by atoms with Crippen LogP contribution in [0, 0.1) is 0 Å². The highest BCUT2D eigenvalue weighted by Crippen LogP contribution is 2.49. The first-order valence-corrected chi connectivity index (χ1v) is 10.5. The van der Waals surface area contributed by atoms with Crippen LogP contribution in [0.5, 0.6) is 5.75 Å². The van der Waals surface area contributed by atoms with E-state index in [2.05, 4.69) is 4.99 Å². The molecule has 0 aliphatic carbocycles. The van der Waals surface area contributed by atoms with Gasteiger partial charge in [0.05, 0.1) is 26.5 Å². The lowest BCUT2D eigenvalue weighted by molar-refractivity contribution is -0.152. The number of hydrogen-bond acceptors (Lipinski definition) is 6. The van der Waals surface area contributed by atoms with Crippen LogP contribution in [0.25, 0.3) is 0 Å². The largest absolute Gasteiger partial charge is 0.497 e. The quantitative estimate of drug-likeness (QED) is 0.566. The molecule has 3 aromatic rings.